The zero-order valence-electron chi connectivity index (χ0n) is 34.3. The van der Waals surface area contributed by atoms with Gasteiger partial charge in [0.1, 0.15) is 8.07 Å². The molecular formula is C45H63Cl3SiTi. The monoisotopic (exact) mass is 784 g/mol. The molecule has 0 aliphatic heterocycles. The third-order valence-corrected chi connectivity index (χ3v) is 16.4. The van der Waals surface area contributed by atoms with Crippen LogP contribution in [-0.4, -0.2) is 8.07 Å². The number of benzene rings is 3. The molecule has 0 amide bonds. The fourth-order valence-electron chi connectivity index (χ4n) is 7.57. The molecule has 5 heteroatoms. The first-order valence-corrected chi connectivity index (χ1v) is 19.4. The molecule has 0 saturated carbocycles. The van der Waals surface area contributed by atoms with Gasteiger partial charge in [-0.05, 0) is 73.3 Å². The summed E-state index contributed by atoms with van der Waals surface area (Å²) in [6.45, 7) is 42.6. The van der Waals surface area contributed by atoms with Crippen molar-refractivity contribution in [2.45, 2.75) is 151 Å². The fourth-order valence-corrected chi connectivity index (χ4v) is 13.8. The van der Waals surface area contributed by atoms with Crippen molar-refractivity contribution in [1.82, 2.24) is 0 Å². The summed E-state index contributed by atoms with van der Waals surface area (Å²) < 4.78 is 0. The molecule has 0 saturated heterocycles. The van der Waals surface area contributed by atoms with Gasteiger partial charge in [0.15, 0.2) is 0 Å². The Morgan fingerprint density at radius 1 is 0.460 bits per heavy atom. The van der Waals surface area contributed by atoms with Crippen LogP contribution in [0.15, 0.2) is 71.3 Å². The van der Waals surface area contributed by atoms with E-state index >= 15 is 0 Å². The van der Waals surface area contributed by atoms with Crippen molar-refractivity contribution < 1.29 is 58.9 Å². The van der Waals surface area contributed by atoms with Gasteiger partial charge in [0.2, 0.25) is 0 Å². The number of halogens is 3. The van der Waals surface area contributed by atoms with Gasteiger partial charge in [0.25, 0.3) is 0 Å². The van der Waals surface area contributed by atoms with Gasteiger partial charge in [0, 0.05) is 0 Å². The summed E-state index contributed by atoms with van der Waals surface area (Å²) >= 11 is 0. The molecule has 1 aliphatic rings. The topological polar surface area (TPSA) is 0 Å². The van der Waals surface area contributed by atoms with Gasteiger partial charge < -0.3 is 37.2 Å². The molecule has 1 atom stereocenters. The molecule has 0 bridgehead atoms. The van der Waals surface area contributed by atoms with E-state index < -0.39 is 8.07 Å². The standard InChI is InChI=1S/C45H63Si.3ClH.Ti/c1-29-19-30(2)21-38(20-29)46(45(18)28-31(3)32(4)33(45)5,39-24-34(41(6,7)8)22-35(25-39)42(9,10)11)40-26-36(43(12,13)14)23-37(27-40)44(15,16)17;;;;/h19-27H,1-18H3;3*1H;/q-1;;;;+4/p-3. The van der Waals surface area contributed by atoms with Gasteiger partial charge in [-0.25, -0.2) is 5.57 Å². The van der Waals surface area contributed by atoms with Crippen molar-refractivity contribution >= 4 is 23.6 Å². The van der Waals surface area contributed by atoms with Crippen LogP contribution in [0.25, 0.3) is 0 Å². The van der Waals surface area contributed by atoms with Gasteiger partial charge in [-0.15, -0.1) is 6.92 Å². The summed E-state index contributed by atoms with van der Waals surface area (Å²) in [6.07, 6.45) is 4.24. The van der Waals surface area contributed by atoms with Crippen LogP contribution in [0.3, 0.4) is 0 Å². The Kier molecular flexibility index (Phi) is 15.8. The largest absolute Gasteiger partial charge is 4.00 e. The normalized spacial score (nSPS) is 16.9. The first-order chi connectivity index (χ1) is 20.7. The van der Waals surface area contributed by atoms with E-state index in [1.54, 1.807) is 0 Å². The maximum atomic E-state index is 4.24. The minimum absolute atomic E-state index is 0. The van der Waals surface area contributed by atoms with Crippen LogP contribution in [0.1, 0.15) is 144 Å². The zero-order chi connectivity index (χ0) is 35.0. The molecule has 50 heavy (non-hydrogen) atoms. The number of rotatable bonds is 4. The second-order valence-electron chi connectivity index (χ2n) is 18.8. The van der Waals surface area contributed by atoms with E-state index in [0.29, 0.717) is 0 Å². The summed E-state index contributed by atoms with van der Waals surface area (Å²) in [5, 5.41) is 4.19. The molecule has 0 heterocycles. The molecule has 3 aromatic rings. The molecule has 0 aromatic heterocycles. The summed E-state index contributed by atoms with van der Waals surface area (Å²) in [6, 6.07) is 22.8. The number of hydrogen-bond acceptors (Lipinski definition) is 0. The second kappa shape index (κ2) is 16.1. The molecule has 272 valence electrons. The van der Waals surface area contributed by atoms with Crippen molar-refractivity contribution in [2.75, 3.05) is 0 Å². The maximum absolute atomic E-state index is 4.24. The molecule has 0 N–H and O–H groups in total. The van der Waals surface area contributed by atoms with E-state index in [2.05, 4.69) is 185 Å². The van der Waals surface area contributed by atoms with Gasteiger partial charge in [-0.3, -0.25) is 6.08 Å². The Morgan fingerprint density at radius 3 is 0.980 bits per heavy atom. The Morgan fingerprint density at radius 2 is 0.740 bits per heavy atom. The fraction of sp³-hybridized carbons (Fsp3) is 0.511. The average Bonchev–Trinajstić information content (AvgIpc) is 3.09. The third-order valence-electron chi connectivity index (χ3n) is 10.9. The number of allylic oxidation sites excluding steroid dienone is 4. The minimum Gasteiger partial charge on any atom is -1.00 e. The average molecular weight is 786 g/mol. The Labute approximate surface area is 342 Å². The smallest absolute Gasteiger partial charge is 1.00 e. The van der Waals surface area contributed by atoms with E-state index in [-0.39, 0.29) is 85.6 Å². The van der Waals surface area contributed by atoms with Crippen LogP contribution >= 0.6 is 0 Å². The van der Waals surface area contributed by atoms with E-state index in [4.69, 9.17) is 0 Å². The van der Waals surface area contributed by atoms with E-state index in [9.17, 15) is 0 Å². The summed E-state index contributed by atoms with van der Waals surface area (Å²) in [5.74, 6) is 0. The molecule has 0 nitrogen and oxygen atoms in total. The number of hydrogen-bond donors (Lipinski definition) is 0. The van der Waals surface area contributed by atoms with Crippen LogP contribution in [0.4, 0.5) is 0 Å². The van der Waals surface area contributed by atoms with Crippen LogP contribution < -0.4 is 52.8 Å². The van der Waals surface area contributed by atoms with Crippen molar-refractivity contribution in [1.29, 1.82) is 0 Å². The summed E-state index contributed by atoms with van der Waals surface area (Å²) in [7, 11) is -2.96. The predicted octanol–water partition coefficient (Wildman–Crippen LogP) is 1.83. The molecule has 0 radical (unpaired) electrons. The Balaban J connectivity index is 0.00000600. The van der Waals surface area contributed by atoms with Crippen LogP contribution in [-0.2, 0) is 43.4 Å². The third kappa shape index (κ3) is 9.00. The predicted molar refractivity (Wildman–Crippen MR) is 207 cm³/mol. The molecule has 1 unspecified atom stereocenters. The van der Waals surface area contributed by atoms with E-state index in [1.807, 2.05) is 0 Å². The maximum Gasteiger partial charge on any atom is 4.00 e. The van der Waals surface area contributed by atoms with Gasteiger partial charge in [-0.1, -0.05) is 175 Å². The van der Waals surface area contributed by atoms with Crippen molar-refractivity contribution in [3.63, 3.8) is 0 Å². The quantitative estimate of drug-likeness (QED) is 0.216. The van der Waals surface area contributed by atoms with Crippen LogP contribution in [0.2, 0.25) is 5.04 Å². The van der Waals surface area contributed by atoms with Crippen molar-refractivity contribution in [3.8, 4) is 0 Å². The summed E-state index contributed by atoms with van der Waals surface area (Å²) in [4.78, 5) is 0. The van der Waals surface area contributed by atoms with Crippen LogP contribution in [0.5, 0.6) is 0 Å². The second-order valence-corrected chi connectivity index (χ2v) is 23.1. The zero-order valence-corrected chi connectivity index (χ0v) is 39.2. The van der Waals surface area contributed by atoms with Crippen molar-refractivity contribution in [2.24, 2.45) is 0 Å². The SMILES string of the molecule is CC1=[C-]C(C)([Si](c2cc(C)cc(C)c2)(c2cc(C(C)(C)C)cc(C(C)(C)C)c2)c2cc(C(C)(C)C)cc(C(C)(C)C)c2)C(C)=C1C.[Cl-].[Cl-].[Cl-].[Ti+4]. The molecule has 1 aliphatic carbocycles. The first-order valence-electron chi connectivity index (χ1n) is 17.4. The molecule has 3 aromatic carbocycles. The van der Waals surface area contributed by atoms with E-state index in [1.165, 1.54) is 65.7 Å². The first kappa shape index (κ1) is 48.9. The van der Waals surface area contributed by atoms with Gasteiger partial charge in [-0.2, -0.15) is 11.1 Å². The molecule has 0 fully saturated rings. The number of aryl methyl sites for hydroxylation is 2. The molecular weight excluding hydrogens is 723 g/mol. The van der Waals surface area contributed by atoms with Gasteiger partial charge in [0.05, 0.1) is 0 Å². The molecule has 0 spiro atoms. The Hall–Kier alpha value is -1.06. The Bertz CT molecular complexity index is 1580. The molecule has 4 rings (SSSR count). The minimum atomic E-state index is -2.96. The van der Waals surface area contributed by atoms with Crippen LogP contribution in [0, 0.1) is 19.9 Å². The summed E-state index contributed by atoms with van der Waals surface area (Å²) in [5.41, 5.74) is 12.5. The van der Waals surface area contributed by atoms with E-state index in [0.717, 1.165) is 0 Å². The van der Waals surface area contributed by atoms with Crippen molar-refractivity contribution in [3.05, 3.63) is 111 Å². The van der Waals surface area contributed by atoms with Gasteiger partial charge >= 0.3 is 21.7 Å².